The zero-order valence-corrected chi connectivity index (χ0v) is 22.9. The van der Waals surface area contributed by atoms with Gasteiger partial charge in [-0.05, 0) is 49.1 Å². The Morgan fingerprint density at radius 1 is 1.08 bits per heavy atom. The number of rotatable bonds is 11. The molecule has 37 heavy (non-hydrogen) atoms. The van der Waals surface area contributed by atoms with Crippen LogP contribution in [-0.4, -0.2) is 62.2 Å². The van der Waals surface area contributed by atoms with Crippen molar-refractivity contribution in [3.63, 3.8) is 0 Å². The quantitative estimate of drug-likeness (QED) is 0.457. The van der Waals surface area contributed by atoms with Crippen molar-refractivity contribution in [3.8, 4) is 0 Å². The molecule has 2 aromatic carbocycles. The summed E-state index contributed by atoms with van der Waals surface area (Å²) in [6, 6.07) is 11.4. The molecule has 202 valence electrons. The third kappa shape index (κ3) is 7.21. The van der Waals surface area contributed by atoms with Crippen molar-refractivity contribution in [2.24, 2.45) is 0 Å². The van der Waals surface area contributed by atoms with Gasteiger partial charge in [0.25, 0.3) is 0 Å². The van der Waals surface area contributed by atoms with Gasteiger partial charge in [-0.25, -0.2) is 8.70 Å². The maximum Gasteiger partial charge on any atom is 0.304 e. The number of hydrogen-bond donors (Lipinski definition) is 1. The lowest BCUT2D eigenvalue weighted by Gasteiger charge is -2.34. The molecule has 0 radical (unpaired) electrons. The minimum atomic E-state index is -4.23. The molecular formula is C26H34ClFN4O4S. The van der Waals surface area contributed by atoms with Crippen LogP contribution in [0.15, 0.2) is 48.5 Å². The van der Waals surface area contributed by atoms with Crippen LogP contribution in [0.4, 0.5) is 10.1 Å². The van der Waals surface area contributed by atoms with E-state index < -0.39 is 34.5 Å². The minimum Gasteiger partial charge on any atom is -0.352 e. The van der Waals surface area contributed by atoms with Crippen molar-refractivity contribution in [3.05, 3.63) is 64.9 Å². The molecule has 0 saturated heterocycles. The molecule has 1 unspecified atom stereocenters. The molecule has 1 fully saturated rings. The van der Waals surface area contributed by atoms with E-state index in [1.807, 2.05) is 0 Å². The van der Waals surface area contributed by atoms with Crippen molar-refractivity contribution in [2.45, 2.75) is 57.7 Å². The Morgan fingerprint density at radius 3 is 2.27 bits per heavy atom. The largest absolute Gasteiger partial charge is 0.352 e. The number of carbonyl (C=O) groups excluding carboxylic acids is 2. The van der Waals surface area contributed by atoms with E-state index in [0.717, 1.165) is 45.9 Å². The Morgan fingerprint density at radius 2 is 1.70 bits per heavy atom. The number of carbonyl (C=O) groups is 2. The molecule has 11 heteroatoms. The average molecular weight is 553 g/mol. The SMILES string of the molecule is CCC(C(=O)NC1CCCC1)N(Cc1ccc(Cl)cc1)C(=O)CN(c1ccccc1F)S(=O)(=O)N(C)C. The zero-order valence-electron chi connectivity index (χ0n) is 21.4. The van der Waals surface area contributed by atoms with E-state index in [9.17, 15) is 22.4 Å². The van der Waals surface area contributed by atoms with Crippen LogP contribution in [0, 0.1) is 5.82 Å². The highest BCUT2D eigenvalue weighted by atomic mass is 35.5. The highest BCUT2D eigenvalue weighted by Crippen LogP contribution is 2.25. The number of nitrogens with one attached hydrogen (secondary N) is 1. The molecule has 2 amide bonds. The fourth-order valence-corrected chi connectivity index (χ4v) is 5.62. The minimum absolute atomic E-state index is 0.0538. The molecule has 1 aliphatic carbocycles. The summed E-state index contributed by atoms with van der Waals surface area (Å²) in [4.78, 5) is 28.5. The van der Waals surface area contributed by atoms with Crippen LogP contribution < -0.4 is 9.62 Å². The van der Waals surface area contributed by atoms with E-state index >= 15 is 0 Å². The standard InChI is InChI=1S/C26H34ClFN4O4S/c1-4-23(26(34)29-21-9-5-6-10-21)31(17-19-13-15-20(27)16-14-19)25(33)18-32(37(35,36)30(2)3)24-12-8-7-11-22(24)28/h7-8,11-16,21,23H,4-6,9-10,17-18H2,1-3H3,(H,29,34). The first-order valence-corrected chi connectivity index (χ1v) is 14.1. The van der Waals surface area contributed by atoms with Gasteiger partial charge >= 0.3 is 10.2 Å². The summed E-state index contributed by atoms with van der Waals surface area (Å²) < 4.78 is 42.7. The number of hydrogen-bond acceptors (Lipinski definition) is 4. The van der Waals surface area contributed by atoms with Crippen molar-refractivity contribution in [1.29, 1.82) is 0 Å². The summed E-state index contributed by atoms with van der Waals surface area (Å²) in [6.07, 6.45) is 4.16. The monoisotopic (exact) mass is 552 g/mol. The zero-order chi connectivity index (χ0) is 27.2. The molecule has 3 rings (SSSR count). The van der Waals surface area contributed by atoms with Gasteiger partial charge in [0.15, 0.2) is 0 Å². The van der Waals surface area contributed by atoms with Gasteiger partial charge in [-0.3, -0.25) is 9.59 Å². The molecule has 8 nitrogen and oxygen atoms in total. The van der Waals surface area contributed by atoms with Gasteiger partial charge in [0.05, 0.1) is 5.69 Å². The van der Waals surface area contributed by atoms with E-state index in [4.69, 9.17) is 11.6 Å². The van der Waals surface area contributed by atoms with Crippen LogP contribution in [0.25, 0.3) is 0 Å². The second kappa shape index (κ2) is 12.7. The van der Waals surface area contributed by atoms with Crippen LogP contribution in [0.3, 0.4) is 0 Å². The van der Waals surface area contributed by atoms with Gasteiger partial charge < -0.3 is 10.2 Å². The van der Waals surface area contributed by atoms with Gasteiger partial charge in [-0.15, -0.1) is 0 Å². The molecule has 0 aromatic heterocycles. The van der Waals surface area contributed by atoms with E-state index in [2.05, 4.69) is 5.32 Å². The third-order valence-electron chi connectivity index (χ3n) is 6.49. The number of para-hydroxylation sites is 1. The molecule has 0 spiro atoms. The maximum atomic E-state index is 14.7. The molecule has 2 aromatic rings. The number of benzene rings is 2. The van der Waals surface area contributed by atoms with Crippen molar-refractivity contribution in [1.82, 2.24) is 14.5 Å². The topological polar surface area (TPSA) is 90.0 Å². The summed E-state index contributed by atoms with van der Waals surface area (Å²) in [5, 5.41) is 3.57. The molecular weight excluding hydrogens is 519 g/mol. The fourth-order valence-electron chi connectivity index (χ4n) is 4.43. The van der Waals surface area contributed by atoms with E-state index in [-0.39, 0.29) is 24.2 Å². The lowest BCUT2D eigenvalue weighted by atomic mass is 10.1. The van der Waals surface area contributed by atoms with Gasteiger partial charge in [0.2, 0.25) is 11.8 Å². The first-order chi connectivity index (χ1) is 17.5. The second-order valence-electron chi connectivity index (χ2n) is 9.31. The molecule has 1 N–H and O–H groups in total. The van der Waals surface area contributed by atoms with Crippen LogP contribution in [0.2, 0.25) is 5.02 Å². The number of amides is 2. The second-order valence-corrected chi connectivity index (χ2v) is 11.8. The summed E-state index contributed by atoms with van der Waals surface area (Å²) in [5.41, 5.74) is 0.470. The highest BCUT2D eigenvalue weighted by Gasteiger charge is 2.35. The van der Waals surface area contributed by atoms with Crippen LogP contribution in [0.5, 0.6) is 0 Å². The van der Waals surface area contributed by atoms with Crippen LogP contribution >= 0.6 is 11.6 Å². The van der Waals surface area contributed by atoms with Gasteiger partial charge in [0.1, 0.15) is 18.4 Å². The van der Waals surface area contributed by atoms with E-state index in [1.54, 1.807) is 31.2 Å². The highest BCUT2D eigenvalue weighted by molar-refractivity contribution is 7.90. The maximum absolute atomic E-state index is 14.7. The first-order valence-electron chi connectivity index (χ1n) is 12.3. The Labute approximate surface area is 223 Å². The summed E-state index contributed by atoms with van der Waals surface area (Å²) in [6.45, 7) is 1.17. The Kier molecular flexibility index (Phi) is 9.92. The van der Waals surface area contributed by atoms with Gasteiger partial charge in [0, 0.05) is 31.7 Å². The predicted octanol–water partition coefficient (Wildman–Crippen LogP) is 3.96. The normalized spacial score (nSPS) is 15.0. The first kappa shape index (κ1) is 28.9. The Balaban J connectivity index is 1.97. The smallest absolute Gasteiger partial charge is 0.304 e. The van der Waals surface area contributed by atoms with Gasteiger partial charge in [-0.1, -0.05) is 55.6 Å². The summed E-state index contributed by atoms with van der Waals surface area (Å²) in [5.74, 6) is -1.70. The van der Waals surface area contributed by atoms with Crippen molar-refractivity contribution in [2.75, 3.05) is 24.9 Å². The van der Waals surface area contributed by atoms with Crippen molar-refractivity contribution >= 4 is 39.3 Å². The average Bonchev–Trinajstić information content (AvgIpc) is 3.37. The lowest BCUT2D eigenvalue weighted by Crippen LogP contribution is -2.54. The number of anilines is 1. The summed E-state index contributed by atoms with van der Waals surface area (Å²) in [7, 11) is -1.61. The van der Waals surface area contributed by atoms with Crippen molar-refractivity contribution < 1.29 is 22.4 Å². The third-order valence-corrected chi connectivity index (χ3v) is 8.55. The fraction of sp³-hybridized carbons (Fsp3) is 0.462. The molecule has 1 saturated carbocycles. The Hall–Kier alpha value is -2.69. The molecule has 1 atom stereocenters. The molecule has 0 bridgehead atoms. The van der Waals surface area contributed by atoms with Crippen LogP contribution in [-0.2, 0) is 26.3 Å². The molecule has 1 aliphatic rings. The summed E-state index contributed by atoms with van der Waals surface area (Å²) >= 11 is 6.02. The van der Waals surface area contributed by atoms with Gasteiger partial charge in [-0.2, -0.15) is 12.7 Å². The van der Waals surface area contributed by atoms with Crippen LogP contribution in [0.1, 0.15) is 44.6 Å². The predicted molar refractivity (Wildman–Crippen MR) is 143 cm³/mol. The Bertz CT molecular complexity index is 1190. The lowest BCUT2D eigenvalue weighted by molar-refractivity contribution is -0.140. The number of halogens is 2. The molecule has 0 aliphatic heterocycles. The van der Waals surface area contributed by atoms with E-state index in [0.29, 0.717) is 11.4 Å². The number of nitrogens with zero attached hydrogens (tertiary/aromatic N) is 3. The molecule has 0 heterocycles. The van der Waals surface area contributed by atoms with E-state index in [1.165, 1.54) is 37.2 Å².